The molecule has 0 aliphatic rings. The van der Waals surface area contributed by atoms with Crippen molar-refractivity contribution < 1.29 is 17.0 Å². The van der Waals surface area contributed by atoms with Gasteiger partial charge in [0.15, 0.2) is 0 Å². The van der Waals surface area contributed by atoms with Gasteiger partial charge >= 0.3 is 0 Å². The quantitative estimate of drug-likeness (QED) is 0.488. The highest BCUT2D eigenvalue weighted by Gasteiger charge is 2.24. The fourth-order valence-electron chi connectivity index (χ4n) is 3.52. The first-order valence-electron chi connectivity index (χ1n) is 9.48. The molecule has 2 heterocycles. The summed E-state index contributed by atoms with van der Waals surface area (Å²) in [6.07, 6.45) is 3.89. The zero-order chi connectivity index (χ0) is 23.4. The molecule has 10 heteroatoms. The van der Waals surface area contributed by atoms with Gasteiger partial charge < -0.3 is 4.57 Å². The fraction of sp³-hybridized carbons (Fsp3) is 0.136. The smallest absolute Gasteiger partial charge is 0.275 e. The first-order chi connectivity index (χ1) is 14.9. The first kappa shape index (κ1) is 22.0. The molecule has 2 aromatic carbocycles. The van der Waals surface area contributed by atoms with E-state index < -0.39 is 31.1 Å². The molecule has 0 bridgehead atoms. The van der Waals surface area contributed by atoms with Gasteiger partial charge in [-0.15, -0.1) is 0 Å². The minimum atomic E-state index is -4.09. The molecule has 4 rings (SSSR count). The topological polar surface area (TPSA) is 102 Å². The molecule has 0 fully saturated rings. The number of aromatic nitrogens is 2. The molecule has 166 valence electrons. The Labute approximate surface area is 184 Å². The molecular weight excluding hydrogens is 453 g/mol. The van der Waals surface area contributed by atoms with E-state index in [-0.39, 0.29) is 31.8 Å². The summed E-state index contributed by atoms with van der Waals surface area (Å²) in [4.78, 5) is 13.1. The summed E-state index contributed by atoms with van der Waals surface area (Å²) in [5.74, 6) is -0.647. The van der Waals surface area contributed by atoms with E-state index in [1.165, 1.54) is 60.6 Å². The molecule has 1 N–H and O–H groups in total. The summed E-state index contributed by atoms with van der Waals surface area (Å²) in [7, 11) is -5.76. The zero-order valence-electron chi connectivity index (χ0n) is 17.5. The Morgan fingerprint density at radius 2 is 1.56 bits per heavy atom. The predicted octanol–water partition coefficient (Wildman–Crippen LogP) is 3.73. The van der Waals surface area contributed by atoms with Crippen LogP contribution in [0.5, 0.6) is 0 Å². The standard InChI is InChI=1S/C22H20FN3O4S2/c1-14-4-6-15(7-5-14)32(29,30)26-11-10-17-19(13-25(2)22(27)21(17)26)18-12-16(31(3,24)28)8-9-20(18)23/h4-13,24H,1-3H3. The van der Waals surface area contributed by atoms with E-state index >= 15 is 0 Å². The number of hydrogen-bond acceptors (Lipinski definition) is 5. The summed E-state index contributed by atoms with van der Waals surface area (Å²) in [5.41, 5.74) is 0.467. The lowest BCUT2D eigenvalue weighted by molar-refractivity contribution is 0.589. The van der Waals surface area contributed by atoms with Crippen LogP contribution in [0.3, 0.4) is 0 Å². The largest absolute Gasteiger partial charge is 0.316 e. The van der Waals surface area contributed by atoms with Crippen LogP contribution in [0.4, 0.5) is 4.39 Å². The lowest BCUT2D eigenvalue weighted by Crippen LogP contribution is -2.22. The van der Waals surface area contributed by atoms with Gasteiger partial charge in [0, 0.05) is 47.1 Å². The van der Waals surface area contributed by atoms with Gasteiger partial charge in [0.1, 0.15) is 11.3 Å². The molecule has 0 spiro atoms. The SMILES string of the molecule is Cc1ccc(S(=O)(=O)n2ccc3c(-c4cc(S(C)(=N)=O)ccc4F)cn(C)c(=O)c32)cc1. The fourth-order valence-corrected chi connectivity index (χ4v) is 5.54. The second-order valence-electron chi connectivity index (χ2n) is 7.64. The molecule has 0 radical (unpaired) electrons. The van der Waals surface area contributed by atoms with Gasteiger partial charge in [0.25, 0.3) is 15.6 Å². The lowest BCUT2D eigenvalue weighted by atomic mass is 10.0. The zero-order valence-corrected chi connectivity index (χ0v) is 19.1. The minimum Gasteiger partial charge on any atom is -0.316 e. The monoisotopic (exact) mass is 473 g/mol. The molecule has 0 aliphatic carbocycles. The van der Waals surface area contributed by atoms with E-state index in [4.69, 9.17) is 4.78 Å². The number of rotatable bonds is 4. The van der Waals surface area contributed by atoms with Crippen LogP contribution in [0.25, 0.3) is 22.0 Å². The molecular formula is C22H20FN3O4S2. The number of halogens is 1. The molecule has 2 aromatic heterocycles. The Bertz CT molecular complexity index is 1650. The summed E-state index contributed by atoms with van der Waals surface area (Å²) in [6, 6.07) is 11.4. The van der Waals surface area contributed by atoms with Gasteiger partial charge in [-0.05, 0) is 43.3 Å². The van der Waals surface area contributed by atoms with Crippen molar-refractivity contribution in [1.29, 1.82) is 4.78 Å². The van der Waals surface area contributed by atoms with Crippen LogP contribution in [0, 0.1) is 17.5 Å². The molecule has 0 aliphatic heterocycles. The summed E-state index contributed by atoms with van der Waals surface area (Å²) >= 11 is 0. The Morgan fingerprint density at radius 1 is 0.938 bits per heavy atom. The lowest BCUT2D eigenvalue weighted by Gasteiger charge is -2.12. The highest BCUT2D eigenvalue weighted by molar-refractivity contribution is 7.91. The number of benzene rings is 2. The van der Waals surface area contributed by atoms with Gasteiger partial charge in [-0.3, -0.25) is 4.79 Å². The summed E-state index contributed by atoms with van der Waals surface area (Å²) in [5, 5.41) is 0.229. The highest BCUT2D eigenvalue weighted by atomic mass is 32.2. The van der Waals surface area contributed by atoms with Crippen molar-refractivity contribution in [2.24, 2.45) is 7.05 Å². The second-order valence-corrected chi connectivity index (χ2v) is 11.6. The average Bonchev–Trinajstić information content (AvgIpc) is 3.17. The van der Waals surface area contributed by atoms with E-state index in [1.807, 2.05) is 6.92 Å². The third kappa shape index (κ3) is 3.55. The maximum atomic E-state index is 14.8. The second kappa shape index (κ2) is 7.42. The maximum absolute atomic E-state index is 14.8. The minimum absolute atomic E-state index is 0.0150. The van der Waals surface area contributed by atoms with E-state index in [0.29, 0.717) is 0 Å². The third-order valence-electron chi connectivity index (χ3n) is 5.24. The Hall–Kier alpha value is -3.24. The van der Waals surface area contributed by atoms with Crippen LogP contribution in [0.1, 0.15) is 5.56 Å². The Balaban J connectivity index is 2.05. The third-order valence-corrected chi connectivity index (χ3v) is 8.09. The van der Waals surface area contributed by atoms with Crippen LogP contribution >= 0.6 is 0 Å². The van der Waals surface area contributed by atoms with E-state index in [0.717, 1.165) is 15.6 Å². The van der Waals surface area contributed by atoms with Crippen molar-refractivity contribution in [3.05, 3.63) is 82.7 Å². The molecule has 7 nitrogen and oxygen atoms in total. The van der Waals surface area contributed by atoms with Crippen molar-refractivity contribution in [3.63, 3.8) is 0 Å². The van der Waals surface area contributed by atoms with Gasteiger partial charge in [0.2, 0.25) is 0 Å². The predicted molar refractivity (Wildman–Crippen MR) is 121 cm³/mol. The summed E-state index contributed by atoms with van der Waals surface area (Å²) in [6.45, 7) is 1.83. The van der Waals surface area contributed by atoms with Crippen LogP contribution < -0.4 is 5.56 Å². The normalized spacial score (nSPS) is 13.9. The van der Waals surface area contributed by atoms with Crippen LogP contribution in [-0.2, 0) is 26.8 Å². The number of hydrogen-bond donors (Lipinski definition) is 1. The van der Waals surface area contributed by atoms with E-state index in [1.54, 1.807) is 12.1 Å². The number of nitrogens with zero attached hydrogens (tertiary/aromatic N) is 2. The summed E-state index contributed by atoms with van der Waals surface area (Å²) < 4.78 is 63.4. The number of fused-ring (bicyclic) bond motifs is 1. The first-order valence-corrected chi connectivity index (χ1v) is 12.9. The van der Waals surface area contributed by atoms with E-state index in [9.17, 15) is 21.8 Å². The van der Waals surface area contributed by atoms with E-state index in [2.05, 4.69) is 0 Å². The van der Waals surface area contributed by atoms with Gasteiger partial charge in [0.05, 0.1) is 14.6 Å². The van der Waals surface area contributed by atoms with Gasteiger partial charge in [-0.25, -0.2) is 25.8 Å². The highest BCUT2D eigenvalue weighted by Crippen LogP contribution is 2.32. The van der Waals surface area contributed by atoms with Crippen LogP contribution in [0.15, 0.2) is 75.5 Å². The molecule has 0 saturated heterocycles. The molecule has 1 unspecified atom stereocenters. The van der Waals surface area contributed by atoms with Gasteiger partial charge in [-0.1, -0.05) is 17.7 Å². The maximum Gasteiger partial charge on any atom is 0.275 e. The molecule has 4 aromatic rings. The average molecular weight is 474 g/mol. The van der Waals surface area contributed by atoms with Crippen LogP contribution in [0.2, 0.25) is 0 Å². The van der Waals surface area contributed by atoms with Crippen molar-refractivity contribution in [1.82, 2.24) is 8.54 Å². The molecule has 32 heavy (non-hydrogen) atoms. The van der Waals surface area contributed by atoms with Crippen molar-refractivity contribution >= 4 is 30.7 Å². The molecule has 0 saturated carbocycles. The van der Waals surface area contributed by atoms with Crippen molar-refractivity contribution in [2.45, 2.75) is 16.7 Å². The van der Waals surface area contributed by atoms with Crippen molar-refractivity contribution in [3.8, 4) is 11.1 Å². The van der Waals surface area contributed by atoms with Crippen molar-refractivity contribution in [2.75, 3.05) is 6.26 Å². The Kier molecular flexibility index (Phi) is 5.09. The molecule has 1 atom stereocenters. The van der Waals surface area contributed by atoms with Crippen LogP contribution in [-0.4, -0.2) is 27.4 Å². The molecule has 0 amide bonds. The number of aryl methyl sites for hydroxylation is 2. The van der Waals surface area contributed by atoms with Gasteiger partial charge in [-0.2, -0.15) is 0 Å². The number of pyridine rings is 1. The number of nitrogens with one attached hydrogen (secondary N) is 1. The Morgan fingerprint density at radius 3 is 2.19 bits per heavy atom.